The fourth-order valence-corrected chi connectivity index (χ4v) is 1.82. The summed E-state index contributed by atoms with van der Waals surface area (Å²) in [6.07, 6.45) is 4.63. The first-order valence-electron chi connectivity index (χ1n) is 5.51. The standard InChI is InChI=1S/C13H11Cl2N3O/c1-8-7-16-18-13(8)17-11(19)6-5-9-3-2-4-10(14)12(9)15/h2-7H,1H3,(H2,16,17,18,19)/b6-5+. The number of aromatic amines is 1. The number of nitrogens with zero attached hydrogens (tertiary/aromatic N) is 1. The van der Waals surface area contributed by atoms with Gasteiger partial charge < -0.3 is 5.32 Å². The Morgan fingerprint density at radius 1 is 1.42 bits per heavy atom. The summed E-state index contributed by atoms with van der Waals surface area (Å²) in [5.41, 5.74) is 1.55. The summed E-state index contributed by atoms with van der Waals surface area (Å²) < 4.78 is 0. The molecule has 2 N–H and O–H groups in total. The highest BCUT2D eigenvalue weighted by Crippen LogP contribution is 2.26. The first-order valence-corrected chi connectivity index (χ1v) is 6.26. The fraction of sp³-hybridized carbons (Fsp3) is 0.0769. The number of rotatable bonds is 3. The topological polar surface area (TPSA) is 57.8 Å². The second-order valence-electron chi connectivity index (χ2n) is 3.89. The number of aryl methyl sites for hydroxylation is 1. The number of carbonyl (C=O) groups excluding carboxylic acids is 1. The number of H-pyrrole nitrogens is 1. The summed E-state index contributed by atoms with van der Waals surface area (Å²) >= 11 is 11.9. The minimum Gasteiger partial charge on any atom is -0.307 e. The molecule has 1 amide bonds. The van der Waals surface area contributed by atoms with E-state index < -0.39 is 0 Å². The number of amides is 1. The molecule has 1 aromatic heterocycles. The van der Waals surface area contributed by atoms with Crippen molar-refractivity contribution in [2.75, 3.05) is 5.32 Å². The van der Waals surface area contributed by atoms with Crippen molar-refractivity contribution in [3.05, 3.63) is 51.6 Å². The molecule has 0 saturated carbocycles. The molecule has 0 atom stereocenters. The van der Waals surface area contributed by atoms with Gasteiger partial charge in [-0.25, -0.2) is 0 Å². The van der Waals surface area contributed by atoms with Gasteiger partial charge in [-0.05, 0) is 24.6 Å². The van der Waals surface area contributed by atoms with Crippen LogP contribution in [0.5, 0.6) is 0 Å². The number of nitrogens with one attached hydrogen (secondary N) is 2. The molecule has 1 heterocycles. The van der Waals surface area contributed by atoms with Crippen LogP contribution in [0.3, 0.4) is 0 Å². The largest absolute Gasteiger partial charge is 0.307 e. The third-order valence-electron chi connectivity index (χ3n) is 2.47. The van der Waals surface area contributed by atoms with Gasteiger partial charge in [0, 0.05) is 11.6 Å². The van der Waals surface area contributed by atoms with E-state index in [1.165, 1.54) is 6.08 Å². The Bertz CT molecular complexity index is 635. The number of carbonyl (C=O) groups is 1. The third kappa shape index (κ3) is 3.36. The Hall–Kier alpha value is -1.78. The van der Waals surface area contributed by atoms with Crippen molar-refractivity contribution in [1.29, 1.82) is 0 Å². The molecule has 0 spiro atoms. The molecule has 0 aliphatic heterocycles. The summed E-state index contributed by atoms with van der Waals surface area (Å²) in [7, 11) is 0. The van der Waals surface area contributed by atoms with Crippen LogP contribution in [-0.4, -0.2) is 16.1 Å². The lowest BCUT2D eigenvalue weighted by Gasteiger charge is -2.01. The van der Waals surface area contributed by atoms with Crippen LogP contribution in [0.1, 0.15) is 11.1 Å². The van der Waals surface area contributed by atoms with Gasteiger partial charge in [-0.15, -0.1) is 0 Å². The van der Waals surface area contributed by atoms with Gasteiger partial charge in [-0.2, -0.15) is 5.10 Å². The Morgan fingerprint density at radius 3 is 2.89 bits per heavy atom. The molecule has 0 unspecified atom stereocenters. The summed E-state index contributed by atoms with van der Waals surface area (Å²) in [4.78, 5) is 11.7. The Balaban J connectivity index is 2.08. The lowest BCUT2D eigenvalue weighted by molar-refractivity contribution is -0.111. The number of aromatic nitrogens is 2. The van der Waals surface area contributed by atoms with Crippen LogP contribution in [0.4, 0.5) is 5.82 Å². The van der Waals surface area contributed by atoms with E-state index in [9.17, 15) is 4.79 Å². The number of benzene rings is 1. The highest BCUT2D eigenvalue weighted by atomic mass is 35.5. The molecule has 4 nitrogen and oxygen atoms in total. The summed E-state index contributed by atoms with van der Waals surface area (Å²) in [6, 6.07) is 5.24. The molecule has 1 aromatic carbocycles. The Kier molecular flexibility index (Phi) is 4.24. The van der Waals surface area contributed by atoms with E-state index in [1.807, 2.05) is 6.92 Å². The van der Waals surface area contributed by atoms with Crippen molar-refractivity contribution in [2.24, 2.45) is 0 Å². The first kappa shape index (κ1) is 13.6. The number of hydrogen-bond donors (Lipinski definition) is 2. The zero-order valence-corrected chi connectivity index (χ0v) is 11.6. The average molecular weight is 296 g/mol. The van der Waals surface area contributed by atoms with E-state index in [-0.39, 0.29) is 5.91 Å². The van der Waals surface area contributed by atoms with Crippen LogP contribution in [0.2, 0.25) is 10.0 Å². The Morgan fingerprint density at radius 2 is 2.21 bits per heavy atom. The van der Waals surface area contributed by atoms with Gasteiger partial charge in [-0.1, -0.05) is 35.3 Å². The first-order chi connectivity index (χ1) is 9.08. The fourth-order valence-electron chi connectivity index (χ4n) is 1.45. The molecule has 19 heavy (non-hydrogen) atoms. The molecular weight excluding hydrogens is 285 g/mol. The normalized spacial score (nSPS) is 10.9. The smallest absolute Gasteiger partial charge is 0.249 e. The second kappa shape index (κ2) is 5.91. The van der Waals surface area contributed by atoms with Crippen molar-refractivity contribution in [2.45, 2.75) is 6.92 Å². The quantitative estimate of drug-likeness (QED) is 0.849. The van der Waals surface area contributed by atoms with Gasteiger partial charge in [0.1, 0.15) is 5.82 Å². The Labute approximate surface area is 120 Å². The molecule has 98 valence electrons. The predicted octanol–water partition coefficient (Wildman–Crippen LogP) is 3.68. The van der Waals surface area contributed by atoms with Gasteiger partial charge >= 0.3 is 0 Å². The van der Waals surface area contributed by atoms with Crippen molar-refractivity contribution in [1.82, 2.24) is 10.2 Å². The second-order valence-corrected chi connectivity index (χ2v) is 4.68. The van der Waals surface area contributed by atoms with Crippen LogP contribution >= 0.6 is 23.2 Å². The van der Waals surface area contributed by atoms with Gasteiger partial charge in [0.25, 0.3) is 0 Å². The van der Waals surface area contributed by atoms with Crippen LogP contribution < -0.4 is 5.32 Å². The zero-order chi connectivity index (χ0) is 13.8. The van der Waals surface area contributed by atoms with Crippen molar-refractivity contribution < 1.29 is 4.79 Å². The molecule has 0 bridgehead atoms. The molecule has 0 radical (unpaired) electrons. The molecule has 2 rings (SSSR count). The van der Waals surface area contributed by atoms with Crippen molar-refractivity contribution in [3.8, 4) is 0 Å². The highest BCUT2D eigenvalue weighted by molar-refractivity contribution is 6.42. The highest BCUT2D eigenvalue weighted by Gasteiger charge is 2.04. The predicted molar refractivity (Wildman–Crippen MR) is 77.5 cm³/mol. The maximum atomic E-state index is 11.7. The monoisotopic (exact) mass is 295 g/mol. The average Bonchev–Trinajstić information content (AvgIpc) is 2.77. The summed E-state index contributed by atoms with van der Waals surface area (Å²) in [6.45, 7) is 1.84. The summed E-state index contributed by atoms with van der Waals surface area (Å²) in [5, 5.41) is 10.1. The molecule has 6 heteroatoms. The van der Waals surface area contributed by atoms with E-state index in [4.69, 9.17) is 23.2 Å². The maximum absolute atomic E-state index is 11.7. The van der Waals surface area contributed by atoms with Crippen LogP contribution in [0.15, 0.2) is 30.5 Å². The molecule has 0 aliphatic rings. The zero-order valence-electron chi connectivity index (χ0n) is 10.1. The third-order valence-corrected chi connectivity index (χ3v) is 3.31. The lowest BCUT2D eigenvalue weighted by atomic mass is 10.2. The van der Waals surface area contributed by atoms with E-state index in [0.29, 0.717) is 21.4 Å². The van der Waals surface area contributed by atoms with Gasteiger partial charge in [-0.3, -0.25) is 9.89 Å². The van der Waals surface area contributed by atoms with Crippen molar-refractivity contribution in [3.63, 3.8) is 0 Å². The van der Waals surface area contributed by atoms with Crippen LogP contribution in [-0.2, 0) is 4.79 Å². The lowest BCUT2D eigenvalue weighted by Crippen LogP contribution is -2.08. The minimum absolute atomic E-state index is 0.275. The molecular formula is C13H11Cl2N3O. The minimum atomic E-state index is -0.275. The maximum Gasteiger partial charge on any atom is 0.249 e. The van der Waals surface area contributed by atoms with Gasteiger partial charge in [0.2, 0.25) is 5.91 Å². The number of anilines is 1. The van der Waals surface area contributed by atoms with E-state index >= 15 is 0 Å². The van der Waals surface area contributed by atoms with E-state index in [2.05, 4.69) is 15.5 Å². The number of hydrogen-bond acceptors (Lipinski definition) is 2. The van der Waals surface area contributed by atoms with Crippen molar-refractivity contribution >= 4 is 41.0 Å². The number of halogens is 2. The molecule has 2 aromatic rings. The van der Waals surface area contributed by atoms with E-state index in [1.54, 1.807) is 30.5 Å². The van der Waals surface area contributed by atoms with Gasteiger partial charge in [0.05, 0.1) is 16.2 Å². The SMILES string of the molecule is Cc1cn[nH]c1NC(=O)/C=C/c1cccc(Cl)c1Cl. The molecule has 0 aliphatic carbocycles. The van der Waals surface area contributed by atoms with Crippen LogP contribution in [0.25, 0.3) is 6.08 Å². The van der Waals surface area contributed by atoms with Crippen LogP contribution in [0, 0.1) is 6.92 Å². The summed E-state index contributed by atoms with van der Waals surface area (Å²) in [5.74, 6) is 0.301. The molecule has 0 saturated heterocycles. The van der Waals surface area contributed by atoms with Gasteiger partial charge in [0.15, 0.2) is 0 Å². The van der Waals surface area contributed by atoms with E-state index in [0.717, 1.165) is 5.56 Å². The molecule has 0 fully saturated rings.